The smallest absolute Gasteiger partial charge is 0.240 e. The Morgan fingerprint density at radius 2 is 2.19 bits per heavy atom. The topological polar surface area (TPSA) is 86.4 Å². The van der Waals surface area contributed by atoms with E-state index >= 15 is 0 Å². The van der Waals surface area contributed by atoms with E-state index < -0.39 is 21.9 Å². The van der Waals surface area contributed by atoms with Crippen LogP contribution in [0.5, 0.6) is 5.75 Å². The number of sulfonamides is 1. The molecule has 1 atom stereocenters. The molecular formula is C17H18FN3O4S. The molecule has 0 bridgehead atoms. The third-order valence-electron chi connectivity index (χ3n) is 3.70. The minimum absolute atomic E-state index is 0.00758. The van der Waals surface area contributed by atoms with Gasteiger partial charge in [0.05, 0.1) is 17.8 Å². The molecule has 0 aliphatic heterocycles. The molecule has 2 heterocycles. The van der Waals surface area contributed by atoms with Crippen LogP contribution in [0.15, 0.2) is 64.4 Å². The van der Waals surface area contributed by atoms with Gasteiger partial charge in [-0.15, -0.1) is 0 Å². The van der Waals surface area contributed by atoms with E-state index in [1.807, 2.05) is 0 Å². The average Bonchev–Trinajstić information content (AvgIpc) is 3.31. The van der Waals surface area contributed by atoms with E-state index in [4.69, 9.17) is 9.15 Å². The molecule has 138 valence electrons. The van der Waals surface area contributed by atoms with Gasteiger partial charge >= 0.3 is 0 Å². The van der Waals surface area contributed by atoms with E-state index in [-0.39, 0.29) is 23.8 Å². The van der Waals surface area contributed by atoms with Gasteiger partial charge < -0.3 is 9.15 Å². The van der Waals surface area contributed by atoms with Crippen LogP contribution in [0.3, 0.4) is 0 Å². The third kappa shape index (κ3) is 3.94. The van der Waals surface area contributed by atoms with Crippen LogP contribution < -0.4 is 9.46 Å². The molecule has 0 spiro atoms. The second kappa shape index (κ2) is 7.71. The van der Waals surface area contributed by atoms with Gasteiger partial charge in [0.2, 0.25) is 10.0 Å². The normalized spacial score (nSPS) is 12.8. The van der Waals surface area contributed by atoms with Crippen molar-refractivity contribution in [3.8, 4) is 5.75 Å². The first kappa shape index (κ1) is 18.2. The Morgan fingerprint density at radius 3 is 2.81 bits per heavy atom. The zero-order valence-corrected chi connectivity index (χ0v) is 14.8. The highest BCUT2D eigenvalue weighted by Gasteiger charge is 2.22. The SMILES string of the molecule is CCOc1ccc(S(=O)(=O)NC[C@@H](c2ccco2)n2cccn2)cc1F. The van der Waals surface area contributed by atoms with E-state index in [0.29, 0.717) is 5.76 Å². The summed E-state index contributed by atoms with van der Waals surface area (Å²) < 4.78 is 53.5. The number of halogens is 1. The fraction of sp³-hybridized carbons (Fsp3) is 0.235. The summed E-state index contributed by atoms with van der Waals surface area (Å²) in [5, 5.41) is 4.14. The van der Waals surface area contributed by atoms with E-state index in [1.165, 1.54) is 18.4 Å². The Hall–Kier alpha value is -2.65. The Morgan fingerprint density at radius 1 is 1.35 bits per heavy atom. The predicted molar refractivity (Wildman–Crippen MR) is 91.8 cm³/mol. The summed E-state index contributed by atoms with van der Waals surface area (Å²) >= 11 is 0. The van der Waals surface area contributed by atoms with Crippen LogP contribution in [-0.2, 0) is 10.0 Å². The molecule has 26 heavy (non-hydrogen) atoms. The lowest BCUT2D eigenvalue weighted by molar-refractivity contribution is 0.321. The first-order chi connectivity index (χ1) is 12.5. The molecule has 3 aromatic rings. The Balaban J connectivity index is 1.79. The number of rotatable bonds is 8. The van der Waals surface area contributed by atoms with Gasteiger partial charge in [0, 0.05) is 18.9 Å². The molecule has 0 saturated heterocycles. The second-order valence-electron chi connectivity index (χ2n) is 5.39. The number of nitrogens with zero attached hydrogens (tertiary/aromatic N) is 2. The molecule has 3 rings (SSSR count). The van der Waals surface area contributed by atoms with Gasteiger partial charge in [-0.25, -0.2) is 17.5 Å². The second-order valence-corrected chi connectivity index (χ2v) is 7.16. The Kier molecular flexibility index (Phi) is 5.38. The predicted octanol–water partition coefficient (Wildman–Crippen LogP) is 2.58. The summed E-state index contributed by atoms with van der Waals surface area (Å²) in [5.74, 6) is -0.171. The van der Waals surface area contributed by atoms with Gasteiger partial charge in [-0.1, -0.05) is 0 Å². The summed E-state index contributed by atoms with van der Waals surface area (Å²) in [4.78, 5) is -0.183. The zero-order chi connectivity index (χ0) is 18.6. The van der Waals surface area contributed by atoms with E-state index in [2.05, 4.69) is 9.82 Å². The maximum Gasteiger partial charge on any atom is 0.240 e. The highest BCUT2D eigenvalue weighted by atomic mass is 32.2. The van der Waals surface area contributed by atoms with Crippen molar-refractivity contribution in [2.24, 2.45) is 0 Å². The van der Waals surface area contributed by atoms with Crippen LogP contribution >= 0.6 is 0 Å². The molecule has 9 heteroatoms. The van der Waals surface area contributed by atoms with Gasteiger partial charge in [0.15, 0.2) is 11.6 Å². The van der Waals surface area contributed by atoms with Crippen molar-refractivity contribution in [1.82, 2.24) is 14.5 Å². The quantitative estimate of drug-likeness (QED) is 0.650. The molecule has 0 saturated carbocycles. The van der Waals surface area contributed by atoms with Gasteiger partial charge in [-0.05, 0) is 43.3 Å². The van der Waals surface area contributed by atoms with E-state index in [9.17, 15) is 12.8 Å². The average molecular weight is 379 g/mol. The molecule has 1 N–H and O–H groups in total. The first-order valence-electron chi connectivity index (χ1n) is 7.96. The fourth-order valence-corrected chi connectivity index (χ4v) is 3.51. The molecule has 0 aliphatic carbocycles. The minimum Gasteiger partial charge on any atom is -0.491 e. The number of benzene rings is 1. The molecule has 0 fully saturated rings. The van der Waals surface area contributed by atoms with Gasteiger partial charge in [-0.3, -0.25) is 4.68 Å². The van der Waals surface area contributed by atoms with Crippen LogP contribution in [0.1, 0.15) is 18.7 Å². The highest BCUT2D eigenvalue weighted by molar-refractivity contribution is 7.89. The van der Waals surface area contributed by atoms with Gasteiger partial charge in [-0.2, -0.15) is 5.10 Å². The first-order valence-corrected chi connectivity index (χ1v) is 9.44. The fourth-order valence-electron chi connectivity index (χ4n) is 2.46. The highest BCUT2D eigenvalue weighted by Crippen LogP contribution is 2.22. The molecule has 7 nitrogen and oxygen atoms in total. The van der Waals surface area contributed by atoms with Crippen molar-refractivity contribution in [2.45, 2.75) is 17.9 Å². The summed E-state index contributed by atoms with van der Waals surface area (Å²) in [7, 11) is -3.92. The Bertz CT molecular complexity index is 906. The van der Waals surface area contributed by atoms with E-state index in [0.717, 1.165) is 6.07 Å². The minimum atomic E-state index is -3.92. The van der Waals surface area contributed by atoms with Crippen molar-refractivity contribution < 1.29 is 22.0 Å². The summed E-state index contributed by atoms with van der Waals surface area (Å²) in [5.41, 5.74) is 0. The zero-order valence-electron chi connectivity index (χ0n) is 14.0. The number of ether oxygens (including phenoxy) is 1. The number of hydrogen-bond acceptors (Lipinski definition) is 5. The summed E-state index contributed by atoms with van der Waals surface area (Å²) in [6.07, 6.45) is 4.80. The number of hydrogen-bond donors (Lipinski definition) is 1. The molecule has 0 amide bonds. The molecule has 0 unspecified atom stereocenters. The van der Waals surface area contributed by atoms with Crippen LogP contribution in [0, 0.1) is 5.82 Å². The third-order valence-corrected chi connectivity index (χ3v) is 5.12. The molecule has 0 aliphatic rings. The lowest BCUT2D eigenvalue weighted by Crippen LogP contribution is -2.31. The van der Waals surface area contributed by atoms with E-state index in [1.54, 1.807) is 42.2 Å². The maximum absolute atomic E-state index is 14.0. The lowest BCUT2D eigenvalue weighted by atomic mass is 10.2. The van der Waals surface area contributed by atoms with Crippen molar-refractivity contribution in [1.29, 1.82) is 0 Å². The summed E-state index contributed by atoms with van der Waals surface area (Å²) in [6.45, 7) is 2.00. The Labute approximate surface area is 150 Å². The largest absolute Gasteiger partial charge is 0.491 e. The van der Waals surface area contributed by atoms with Crippen molar-refractivity contribution >= 4 is 10.0 Å². The van der Waals surface area contributed by atoms with Gasteiger partial charge in [0.25, 0.3) is 0 Å². The van der Waals surface area contributed by atoms with Crippen molar-refractivity contribution in [2.75, 3.05) is 13.2 Å². The molecule has 0 radical (unpaired) electrons. The van der Waals surface area contributed by atoms with Crippen LogP contribution in [-0.4, -0.2) is 31.3 Å². The van der Waals surface area contributed by atoms with Crippen LogP contribution in [0.25, 0.3) is 0 Å². The van der Waals surface area contributed by atoms with Crippen molar-refractivity contribution in [3.63, 3.8) is 0 Å². The number of furan rings is 1. The molecule has 2 aromatic heterocycles. The van der Waals surface area contributed by atoms with Crippen LogP contribution in [0.4, 0.5) is 4.39 Å². The maximum atomic E-state index is 14.0. The van der Waals surface area contributed by atoms with Crippen LogP contribution in [0.2, 0.25) is 0 Å². The van der Waals surface area contributed by atoms with Crippen molar-refractivity contribution in [3.05, 3.63) is 66.6 Å². The lowest BCUT2D eigenvalue weighted by Gasteiger charge is -2.16. The standard InChI is InChI=1S/C17H18FN3O4S/c1-2-24-16-7-6-13(11-14(16)18)26(22,23)20-12-15(17-5-3-10-25-17)21-9-4-8-19-21/h3-11,15,20H,2,12H2,1H3/t15-/m0/s1. The number of aromatic nitrogens is 2. The molecular weight excluding hydrogens is 361 g/mol. The number of nitrogens with one attached hydrogen (secondary N) is 1. The molecule has 1 aromatic carbocycles. The van der Waals surface area contributed by atoms with Gasteiger partial charge in [0.1, 0.15) is 11.8 Å². The summed E-state index contributed by atoms with van der Waals surface area (Å²) in [6, 6.07) is 8.23. The monoisotopic (exact) mass is 379 g/mol.